The summed E-state index contributed by atoms with van der Waals surface area (Å²) in [6.45, 7) is 0.763. The zero-order valence-electron chi connectivity index (χ0n) is 11.0. The van der Waals surface area contributed by atoms with Crippen molar-refractivity contribution in [2.75, 3.05) is 5.32 Å². The van der Waals surface area contributed by atoms with E-state index in [2.05, 4.69) is 20.3 Å². The van der Waals surface area contributed by atoms with Gasteiger partial charge in [0.2, 0.25) is 0 Å². The lowest BCUT2D eigenvalue weighted by Gasteiger charge is -2.07. The first-order valence-corrected chi connectivity index (χ1v) is 7.61. The molecule has 0 saturated heterocycles. The van der Waals surface area contributed by atoms with Crippen LogP contribution in [0, 0.1) is 0 Å². The van der Waals surface area contributed by atoms with Gasteiger partial charge in [-0.3, -0.25) is 4.98 Å². The number of hydrogen-bond donors (Lipinski definition) is 1. The summed E-state index contributed by atoms with van der Waals surface area (Å²) >= 11 is 1.82. The number of aryl methyl sites for hydroxylation is 2. The monoisotopic (exact) mass is 282 g/mol. The summed E-state index contributed by atoms with van der Waals surface area (Å²) < 4.78 is 0. The highest BCUT2D eigenvalue weighted by Crippen LogP contribution is 2.39. The zero-order chi connectivity index (χ0) is 13.4. The van der Waals surface area contributed by atoms with Gasteiger partial charge in [0, 0.05) is 23.8 Å². The second kappa shape index (κ2) is 4.83. The molecule has 1 aliphatic rings. The van der Waals surface area contributed by atoms with Crippen LogP contribution in [-0.4, -0.2) is 15.0 Å². The summed E-state index contributed by atoms with van der Waals surface area (Å²) in [5.41, 5.74) is 2.67. The molecule has 100 valence electrons. The van der Waals surface area contributed by atoms with Crippen molar-refractivity contribution < 1.29 is 0 Å². The standard InChI is InChI=1S/C15H14N4S/c1-2-11-12(3-1)20-15-13(11)14(18-9-19-15)17-8-10-4-6-16-7-5-10/h4-7,9H,1-3,8H2,(H,17,18,19). The molecule has 5 heteroatoms. The van der Waals surface area contributed by atoms with E-state index in [0.717, 1.165) is 23.6 Å². The van der Waals surface area contributed by atoms with Crippen LogP contribution in [0.4, 0.5) is 5.82 Å². The third-order valence-electron chi connectivity index (χ3n) is 3.71. The van der Waals surface area contributed by atoms with Gasteiger partial charge in [-0.25, -0.2) is 9.97 Å². The topological polar surface area (TPSA) is 50.7 Å². The minimum Gasteiger partial charge on any atom is -0.365 e. The SMILES string of the molecule is c1cc(CNc2ncnc3sc4c(c23)CCC4)ccn1. The molecule has 3 aromatic rings. The molecule has 0 spiro atoms. The van der Waals surface area contributed by atoms with Crippen LogP contribution in [-0.2, 0) is 19.4 Å². The number of fused-ring (bicyclic) bond motifs is 3. The summed E-state index contributed by atoms with van der Waals surface area (Å²) in [6, 6.07) is 4.03. The first-order chi connectivity index (χ1) is 9.92. The summed E-state index contributed by atoms with van der Waals surface area (Å²) in [7, 11) is 0. The molecule has 0 bridgehead atoms. The van der Waals surface area contributed by atoms with Crippen LogP contribution < -0.4 is 5.32 Å². The highest BCUT2D eigenvalue weighted by atomic mass is 32.1. The molecule has 4 rings (SSSR count). The fourth-order valence-electron chi connectivity index (χ4n) is 2.75. The van der Waals surface area contributed by atoms with Crippen LogP contribution >= 0.6 is 11.3 Å². The Morgan fingerprint density at radius 3 is 2.95 bits per heavy atom. The Bertz CT molecular complexity index is 751. The van der Waals surface area contributed by atoms with E-state index < -0.39 is 0 Å². The largest absolute Gasteiger partial charge is 0.365 e. The van der Waals surface area contributed by atoms with Gasteiger partial charge in [0.05, 0.1) is 5.39 Å². The molecule has 0 aliphatic heterocycles. The van der Waals surface area contributed by atoms with E-state index in [1.807, 2.05) is 35.9 Å². The summed E-state index contributed by atoms with van der Waals surface area (Å²) in [5, 5.41) is 4.68. The van der Waals surface area contributed by atoms with Crippen molar-refractivity contribution in [1.29, 1.82) is 0 Å². The van der Waals surface area contributed by atoms with Crippen LogP contribution in [0.5, 0.6) is 0 Å². The Morgan fingerprint density at radius 1 is 1.15 bits per heavy atom. The van der Waals surface area contributed by atoms with Crippen LogP contribution in [0.3, 0.4) is 0 Å². The predicted octanol–water partition coefficient (Wildman–Crippen LogP) is 3.19. The Balaban J connectivity index is 1.69. The Morgan fingerprint density at radius 2 is 2.05 bits per heavy atom. The van der Waals surface area contributed by atoms with Gasteiger partial charge in [-0.2, -0.15) is 0 Å². The number of hydrogen-bond acceptors (Lipinski definition) is 5. The lowest BCUT2D eigenvalue weighted by molar-refractivity contribution is 0.917. The summed E-state index contributed by atoms with van der Waals surface area (Å²) in [4.78, 5) is 15.5. The second-order valence-corrected chi connectivity index (χ2v) is 6.05. The number of pyridine rings is 1. The predicted molar refractivity (Wildman–Crippen MR) is 81.0 cm³/mol. The third kappa shape index (κ3) is 1.94. The van der Waals surface area contributed by atoms with Crippen LogP contribution in [0.2, 0.25) is 0 Å². The van der Waals surface area contributed by atoms with Crippen LogP contribution in [0.1, 0.15) is 22.4 Å². The average molecular weight is 282 g/mol. The molecule has 0 aromatic carbocycles. The average Bonchev–Trinajstić information content (AvgIpc) is 3.06. The number of anilines is 1. The quantitative estimate of drug-likeness (QED) is 0.801. The Labute approximate surface area is 120 Å². The Hall–Kier alpha value is -2.01. The summed E-state index contributed by atoms with van der Waals surface area (Å²) in [6.07, 6.45) is 8.90. The second-order valence-electron chi connectivity index (χ2n) is 4.97. The fourth-order valence-corrected chi connectivity index (χ4v) is 3.98. The van der Waals surface area contributed by atoms with E-state index in [1.54, 1.807) is 6.33 Å². The van der Waals surface area contributed by atoms with Crippen molar-refractivity contribution in [2.45, 2.75) is 25.8 Å². The molecule has 20 heavy (non-hydrogen) atoms. The zero-order valence-corrected chi connectivity index (χ0v) is 11.8. The lowest BCUT2D eigenvalue weighted by Crippen LogP contribution is -2.02. The Kier molecular flexibility index (Phi) is 2.85. The number of nitrogens with one attached hydrogen (secondary N) is 1. The number of aromatic nitrogens is 3. The molecule has 0 atom stereocenters. The molecule has 3 aromatic heterocycles. The van der Waals surface area contributed by atoms with E-state index in [-0.39, 0.29) is 0 Å². The number of rotatable bonds is 3. The van der Waals surface area contributed by atoms with Gasteiger partial charge in [0.1, 0.15) is 17.0 Å². The molecule has 1 aliphatic carbocycles. The summed E-state index contributed by atoms with van der Waals surface area (Å²) in [5.74, 6) is 0.964. The van der Waals surface area contributed by atoms with Crippen molar-refractivity contribution in [3.05, 3.63) is 46.9 Å². The van der Waals surface area contributed by atoms with Gasteiger partial charge in [-0.05, 0) is 42.5 Å². The lowest BCUT2D eigenvalue weighted by atomic mass is 10.2. The van der Waals surface area contributed by atoms with E-state index in [9.17, 15) is 0 Å². The highest BCUT2D eigenvalue weighted by molar-refractivity contribution is 7.19. The molecule has 0 saturated carbocycles. The molecule has 0 unspecified atom stereocenters. The van der Waals surface area contributed by atoms with E-state index in [1.165, 1.54) is 34.2 Å². The first-order valence-electron chi connectivity index (χ1n) is 6.80. The fraction of sp³-hybridized carbons (Fsp3) is 0.267. The minimum absolute atomic E-state index is 0.763. The van der Waals surface area contributed by atoms with Crippen LogP contribution in [0.25, 0.3) is 10.2 Å². The van der Waals surface area contributed by atoms with Crippen molar-refractivity contribution in [2.24, 2.45) is 0 Å². The number of thiophene rings is 1. The molecule has 1 N–H and O–H groups in total. The van der Waals surface area contributed by atoms with Gasteiger partial charge in [0.25, 0.3) is 0 Å². The maximum atomic E-state index is 4.44. The van der Waals surface area contributed by atoms with E-state index in [4.69, 9.17) is 0 Å². The number of nitrogens with zero attached hydrogens (tertiary/aromatic N) is 3. The van der Waals surface area contributed by atoms with Gasteiger partial charge in [-0.15, -0.1) is 11.3 Å². The van der Waals surface area contributed by atoms with Crippen molar-refractivity contribution >= 4 is 27.4 Å². The van der Waals surface area contributed by atoms with Gasteiger partial charge in [-0.1, -0.05) is 0 Å². The van der Waals surface area contributed by atoms with Crippen molar-refractivity contribution in [1.82, 2.24) is 15.0 Å². The van der Waals surface area contributed by atoms with Gasteiger partial charge >= 0.3 is 0 Å². The van der Waals surface area contributed by atoms with E-state index in [0.29, 0.717) is 0 Å². The first kappa shape index (κ1) is 11.8. The molecular weight excluding hydrogens is 268 g/mol. The smallest absolute Gasteiger partial charge is 0.138 e. The molecule has 0 radical (unpaired) electrons. The van der Waals surface area contributed by atoms with Crippen molar-refractivity contribution in [3.8, 4) is 0 Å². The minimum atomic E-state index is 0.763. The van der Waals surface area contributed by atoms with Crippen LogP contribution in [0.15, 0.2) is 30.9 Å². The third-order valence-corrected chi connectivity index (χ3v) is 4.91. The normalized spacial score (nSPS) is 13.6. The van der Waals surface area contributed by atoms with Gasteiger partial charge in [0.15, 0.2) is 0 Å². The molecule has 4 nitrogen and oxygen atoms in total. The molecule has 0 fully saturated rings. The maximum absolute atomic E-state index is 4.44. The highest BCUT2D eigenvalue weighted by Gasteiger charge is 2.20. The van der Waals surface area contributed by atoms with E-state index >= 15 is 0 Å². The van der Waals surface area contributed by atoms with Crippen molar-refractivity contribution in [3.63, 3.8) is 0 Å². The molecule has 3 heterocycles. The maximum Gasteiger partial charge on any atom is 0.138 e. The molecular formula is C15H14N4S. The van der Waals surface area contributed by atoms with Gasteiger partial charge < -0.3 is 5.32 Å². The molecule has 0 amide bonds.